The summed E-state index contributed by atoms with van der Waals surface area (Å²) < 4.78 is 0. The van der Waals surface area contributed by atoms with Crippen LogP contribution in [0.25, 0.3) is 10.9 Å². The number of primary amides is 1. The second kappa shape index (κ2) is 28.1. The lowest BCUT2D eigenvalue weighted by molar-refractivity contribution is -0.143. The summed E-state index contributed by atoms with van der Waals surface area (Å²) in [5.74, 6) is -7.35. The maximum Gasteiger partial charge on any atom is 0.245 e. The van der Waals surface area contributed by atoms with Gasteiger partial charge in [-0.3, -0.25) is 38.4 Å². The Bertz CT molecular complexity index is 2520. The topological polar surface area (TPSA) is 346 Å². The minimum absolute atomic E-state index is 0.0158. The highest BCUT2D eigenvalue weighted by Gasteiger charge is 2.38. The van der Waals surface area contributed by atoms with Crippen molar-refractivity contribution in [1.82, 2.24) is 41.8 Å². The number of aliphatic hydroxyl groups is 2. The number of unbranched alkanes of at least 4 members (excludes halogenated alkanes) is 1. The van der Waals surface area contributed by atoms with E-state index in [0.29, 0.717) is 24.0 Å². The van der Waals surface area contributed by atoms with Gasteiger partial charge >= 0.3 is 0 Å². The molecule has 394 valence electrons. The van der Waals surface area contributed by atoms with Crippen molar-refractivity contribution in [3.05, 3.63) is 108 Å². The number of H-pyrrole nitrogens is 1. The summed E-state index contributed by atoms with van der Waals surface area (Å²) in [6.07, 6.45) is -0.493. The van der Waals surface area contributed by atoms with Crippen LogP contribution in [0.3, 0.4) is 0 Å². The Kier molecular flexibility index (Phi) is 22.1. The maximum absolute atomic E-state index is 15.1. The van der Waals surface area contributed by atoms with E-state index in [4.69, 9.17) is 17.2 Å². The molecule has 3 aromatic carbocycles. The van der Waals surface area contributed by atoms with E-state index in [1.165, 1.54) is 25.8 Å². The van der Waals surface area contributed by atoms with E-state index < -0.39 is 108 Å². The van der Waals surface area contributed by atoms with Gasteiger partial charge in [-0.2, -0.15) is 0 Å². The zero-order valence-corrected chi connectivity index (χ0v) is 42.6. The molecule has 0 bridgehead atoms. The quantitative estimate of drug-likeness (QED) is 0.0448. The lowest BCUT2D eigenvalue weighted by Gasteiger charge is -2.33. The number of carbonyl (C=O) groups is 8. The molecule has 5 rings (SSSR count). The van der Waals surface area contributed by atoms with E-state index in [1.807, 2.05) is 30.3 Å². The van der Waals surface area contributed by atoms with E-state index in [0.717, 1.165) is 38.1 Å². The molecule has 0 spiro atoms. The number of nitrogens with one attached hydrogen (secondary N) is 7. The molecule has 1 fully saturated rings. The molecule has 0 saturated carbocycles. The Morgan fingerprint density at radius 1 is 0.767 bits per heavy atom. The van der Waals surface area contributed by atoms with Gasteiger partial charge < -0.3 is 69.2 Å². The van der Waals surface area contributed by atoms with Crippen molar-refractivity contribution in [1.29, 1.82) is 0 Å². The molecular formula is C50H67N11O10S2. The van der Waals surface area contributed by atoms with Gasteiger partial charge in [0, 0.05) is 48.5 Å². The molecule has 1 aliphatic heterocycles. The van der Waals surface area contributed by atoms with Crippen molar-refractivity contribution < 1.29 is 48.6 Å². The van der Waals surface area contributed by atoms with Crippen LogP contribution in [0.2, 0.25) is 0 Å². The molecule has 0 aliphatic carbocycles. The maximum atomic E-state index is 15.1. The van der Waals surface area contributed by atoms with E-state index in [2.05, 4.69) is 36.9 Å². The van der Waals surface area contributed by atoms with Crippen LogP contribution in [0.1, 0.15) is 49.8 Å². The third-order valence-corrected chi connectivity index (χ3v) is 14.7. The van der Waals surface area contributed by atoms with Gasteiger partial charge in [0.05, 0.1) is 18.2 Å². The fourth-order valence-corrected chi connectivity index (χ4v) is 10.4. The molecule has 73 heavy (non-hydrogen) atoms. The smallest absolute Gasteiger partial charge is 0.245 e. The molecule has 2 heterocycles. The Morgan fingerprint density at radius 2 is 1.40 bits per heavy atom. The number of hydrogen-bond donors (Lipinski definition) is 12. The minimum Gasteiger partial charge on any atom is -0.391 e. The number of likely N-dealkylation sites (N-methyl/N-ethyl adjacent to an activating group) is 1. The van der Waals surface area contributed by atoms with Crippen molar-refractivity contribution in [2.45, 2.75) is 113 Å². The van der Waals surface area contributed by atoms with Crippen LogP contribution < -0.4 is 49.1 Å². The fraction of sp³-hybridized carbons (Fsp3) is 0.440. The molecule has 23 heteroatoms. The lowest BCUT2D eigenvalue weighted by atomic mass is 9.99. The first-order chi connectivity index (χ1) is 34.9. The number of nitrogens with two attached hydrogens (primary N) is 3. The van der Waals surface area contributed by atoms with Crippen LogP contribution in [0.5, 0.6) is 0 Å². The second-order valence-electron chi connectivity index (χ2n) is 18.0. The molecule has 21 nitrogen and oxygen atoms in total. The van der Waals surface area contributed by atoms with Gasteiger partial charge in [0.15, 0.2) is 0 Å². The van der Waals surface area contributed by atoms with Crippen molar-refractivity contribution in [2.24, 2.45) is 17.2 Å². The summed E-state index contributed by atoms with van der Waals surface area (Å²) in [5.41, 5.74) is 20.5. The first-order valence-electron chi connectivity index (χ1n) is 24.0. The van der Waals surface area contributed by atoms with E-state index >= 15 is 4.79 Å². The highest BCUT2D eigenvalue weighted by atomic mass is 33.1. The molecular weight excluding hydrogens is 979 g/mol. The van der Waals surface area contributed by atoms with Crippen molar-refractivity contribution >= 4 is 79.7 Å². The number of aliphatic hydroxyl groups excluding tert-OH is 2. The molecule has 1 aromatic heterocycles. The number of nitrogens with zero attached hydrogens (tertiary/aromatic N) is 1. The van der Waals surface area contributed by atoms with Crippen LogP contribution in [0.4, 0.5) is 0 Å². The Balaban J connectivity index is 1.60. The van der Waals surface area contributed by atoms with Gasteiger partial charge in [-0.15, -0.1) is 0 Å². The largest absolute Gasteiger partial charge is 0.391 e. The van der Waals surface area contributed by atoms with Gasteiger partial charge in [0.2, 0.25) is 47.3 Å². The fourth-order valence-electron chi connectivity index (χ4n) is 8.11. The molecule has 4 aromatic rings. The summed E-state index contributed by atoms with van der Waals surface area (Å²) >= 11 is 0. The van der Waals surface area contributed by atoms with Crippen LogP contribution in [-0.2, 0) is 57.6 Å². The van der Waals surface area contributed by atoms with Crippen molar-refractivity contribution in [3.63, 3.8) is 0 Å². The number of para-hydroxylation sites is 1. The first-order valence-corrected chi connectivity index (χ1v) is 26.4. The van der Waals surface area contributed by atoms with Crippen LogP contribution in [-0.4, -0.2) is 153 Å². The van der Waals surface area contributed by atoms with E-state index in [-0.39, 0.29) is 43.7 Å². The standard InChI is InChI=1S/C50H67N11O10S2/c1-28(62)41(43(53)64)59-47(68)39-27-73-72-26-38(57-44(65)34(52)22-30-14-6-4-7-15-30)46(67)56-37(23-31-16-8-5-9-17-31)50(71)61(3)40(24-32-25-54-35-19-11-10-18-33(32)35)48(69)55-36(20-12-13-21-51)45(66)60-42(29(2)63)49(70)58-39/h4-11,14-19,25,28-29,34,36-42,54,62-63H,12-13,20-24,26-27,51-52H2,1-3H3,(H2,53,64)(H,55,69)(H,56,67)(H,57,65)(H,58,70)(H,59,68)(H,60,66)/t28-,29-,34-,36+,37+,38+,39+,40-,41+,42+/m1/s1. The van der Waals surface area contributed by atoms with Gasteiger partial charge in [-0.25, -0.2) is 0 Å². The summed E-state index contributed by atoms with van der Waals surface area (Å²) in [6.45, 7) is 2.71. The normalized spacial score (nSPS) is 22.6. The number of carbonyl (C=O) groups excluding carboxylic acids is 8. The molecule has 8 amide bonds. The van der Waals surface area contributed by atoms with Crippen molar-refractivity contribution in [2.75, 3.05) is 25.1 Å². The number of benzene rings is 3. The average Bonchev–Trinajstić information content (AvgIpc) is 3.78. The predicted molar refractivity (Wildman–Crippen MR) is 279 cm³/mol. The third kappa shape index (κ3) is 16.8. The molecule has 0 unspecified atom stereocenters. The molecule has 1 aliphatic rings. The number of aromatic nitrogens is 1. The number of hydrogen-bond acceptors (Lipinski definition) is 14. The molecule has 15 N–H and O–H groups in total. The number of amides is 8. The van der Waals surface area contributed by atoms with Gasteiger partial charge in [0.25, 0.3) is 0 Å². The number of aromatic amines is 1. The van der Waals surface area contributed by atoms with Gasteiger partial charge in [0.1, 0.15) is 42.3 Å². The summed E-state index contributed by atoms with van der Waals surface area (Å²) in [7, 11) is 3.39. The Labute approximate surface area is 431 Å². The van der Waals surface area contributed by atoms with Crippen LogP contribution >= 0.6 is 21.6 Å². The van der Waals surface area contributed by atoms with Gasteiger partial charge in [-0.1, -0.05) is 100 Å². The zero-order valence-electron chi connectivity index (χ0n) is 41.0. The molecule has 1 saturated heterocycles. The van der Waals surface area contributed by atoms with E-state index in [9.17, 15) is 43.8 Å². The summed E-state index contributed by atoms with van der Waals surface area (Å²) in [6, 6.07) is 13.9. The summed E-state index contributed by atoms with van der Waals surface area (Å²) in [4.78, 5) is 117. The minimum atomic E-state index is -1.71. The van der Waals surface area contributed by atoms with Crippen molar-refractivity contribution in [3.8, 4) is 0 Å². The highest BCUT2D eigenvalue weighted by Crippen LogP contribution is 2.25. The lowest BCUT2D eigenvalue weighted by Crippen LogP contribution is -2.63. The molecule has 0 radical (unpaired) electrons. The second-order valence-corrected chi connectivity index (χ2v) is 20.5. The van der Waals surface area contributed by atoms with E-state index in [1.54, 1.807) is 60.8 Å². The first kappa shape index (κ1) is 57.4. The highest BCUT2D eigenvalue weighted by molar-refractivity contribution is 8.76. The Morgan fingerprint density at radius 3 is 2.04 bits per heavy atom. The van der Waals surface area contributed by atoms with Crippen LogP contribution in [0.15, 0.2) is 91.1 Å². The Hall–Kier alpha value is -6.50. The zero-order chi connectivity index (χ0) is 53.2. The average molecular weight is 1050 g/mol. The third-order valence-electron chi connectivity index (χ3n) is 12.3. The van der Waals surface area contributed by atoms with Gasteiger partial charge in [-0.05, 0) is 68.8 Å². The predicted octanol–water partition coefficient (Wildman–Crippen LogP) is -0.970. The number of rotatable bonds is 17. The monoisotopic (exact) mass is 1050 g/mol. The number of fused-ring (bicyclic) bond motifs is 1. The molecule has 10 atom stereocenters. The SMILES string of the molecule is C[C@@H](O)[C@H](NC(=O)[C@@H]1CSSC[C@H](NC(=O)[C@H](N)Cc2ccccc2)C(=O)N[C@@H](Cc2ccccc2)C(=O)N(C)[C@H](Cc2c[nH]c3ccccc23)C(=O)N[C@@H](CCCCN)C(=O)N[C@@H]([C@@H](C)O)C(=O)N1)C(N)=O. The summed E-state index contributed by atoms with van der Waals surface area (Å²) in [5, 5.41) is 37.7. The van der Waals surface area contributed by atoms with Crippen LogP contribution in [0, 0.1) is 0 Å².